The molecule has 0 saturated carbocycles. The first-order chi connectivity index (χ1) is 12.4. The number of thioether (sulfide) groups is 1. The molecule has 0 bridgehead atoms. The Morgan fingerprint density at radius 2 is 1.77 bits per heavy atom. The van der Waals surface area contributed by atoms with Crippen molar-refractivity contribution in [2.24, 2.45) is 11.8 Å². The van der Waals surface area contributed by atoms with E-state index in [1.54, 1.807) is 0 Å². The third-order valence-corrected chi connectivity index (χ3v) is 5.53. The predicted octanol–water partition coefficient (Wildman–Crippen LogP) is 4.38. The van der Waals surface area contributed by atoms with Gasteiger partial charge in [-0.15, -0.1) is 10.2 Å². The van der Waals surface area contributed by atoms with Crippen molar-refractivity contribution in [1.29, 1.82) is 0 Å². The average Bonchev–Trinajstić information content (AvgIpc) is 3.05. The average molecular weight is 393 g/mol. The van der Waals surface area contributed by atoms with Gasteiger partial charge in [0.2, 0.25) is 11.0 Å². The summed E-state index contributed by atoms with van der Waals surface area (Å²) in [6.07, 6.45) is 0. The van der Waals surface area contributed by atoms with Crippen molar-refractivity contribution in [2.45, 2.75) is 38.6 Å². The van der Waals surface area contributed by atoms with Crippen LogP contribution in [-0.2, 0) is 11.3 Å². The van der Waals surface area contributed by atoms with E-state index < -0.39 is 0 Å². The van der Waals surface area contributed by atoms with Crippen LogP contribution < -0.4 is 5.32 Å². The van der Waals surface area contributed by atoms with E-state index >= 15 is 0 Å². The molecule has 0 aliphatic carbocycles. The monoisotopic (exact) mass is 392 g/mol. The molecule has 1 aromatic carbocycles. The smallest absolute Gasteiger partial charge is 0.233 e. The van der Waals surface area contributed by atoms with E-state index in [9.17, 15) is 4.79 Å². The molecule has 142 valence electrons. The minimum Gasteiger partial charge on any atom is -0.356 e. The van der Waals surface area contributed by atoms with E-state index in [-0.39, 0.29) is 5.91 Å². The van der Waals surface area contributed by atoms with Gasteiger partial charge >= 0.3 is 0 Å². The number of carbonyl (C=O) groups excluding carboxylic acids is 1. The summed E-state index contributed by atoms with van der Waals surface area (Å²) in [6.45, 7) is 10.9. The third kappa shape index (κ3) is 7.33. The summed E-state index contributed by atoms with van der Waals surface area (Å²) in [6, 6.07) is 10.2. The molecule has 0 fully saturated rings. The Morgan fingerprint density at radius 3 is 2.38 bits per heavy atom. The van der Waals surface area contributed by atoms with Crippen molar-refractivity contribution < 1.29 is 4.79 Å². The molecule has 7 heteroatoms. The molecule has 2 rings (SSSR count). The third-order valence-electron chi connectivity index (χ3n) is 3.54. The van der Waals surface area contributed by atoms with Crippen LogP contribution in [0, 0.1) is 11.8 Å². The maximum absolute atomic E-state index is 12.6. The molecule has 0 radical (unpaired) electrons. The zero-order valence-electron chi connectivity index (χ0n) is 15.9. The SMILES string of the molecule is CC(C)CN(CC(C)C)C(=O)CSc1nnc(NCc2ccccc2)s1. The first kappa shape index (κ1) is 20.7. The number of hydrogen-bond acceptors (Lipinski definition) is 6. The van der Waals surface area contributed by atoms with Crippen LogP contribution in [0.4, 0.5) is 5.13 Å². The van der Waals surface area contributed by atoms with Crippen molar-refractivity contribution in [2.75, 3.05) is 24.2 Å². The molecule has 0 aliphatic rings. The number of nitrogens with one attached hydrogen (secondary N) is 1. The van der Waals surface area contributed by atoms with E-state index in [4.69, 9.17) is 0 Å². The van der Waals surface area contributed by atoms with Crippen LogP contribution >= 0.6 is 23.1 Å². The first-order valence-corrected chi connectivity index (χ1v) is 10.8. The number of carbonyl (C=O) groups is 1. The van der Waals surface area contributed by atoms with Gasteiger partial charge in [0.25, 0.3) is 0 Å². The Kier molecular flexibility index (Phi) is 8.38. The molecular formula is C19H28N4OS2. The number of hydrogen-bond donors (Lipinski definition) is 1. The van der Waals surface area contributed by atoms with Crippen LogP contribution in [0.5, 0.6) is 0 Å². The fourth-order valence-electron chi connectivity index (χ4n) is 2.49. The standard InChI is InChI=1S/C19H28N4OS2/c1-14(2)11-23(12-15(3)4)17(24)13-25-19-22-21-18(26-19)20-10-16-8-6-5-7-9-16/h5-9,14-15H,10-13H2,1-4H3,(H,20,21). The number of aromatic nitrogens is 2. The summed E-state index contributed by atoms with van der Waals surface area (Å²) in [5, 5.41) is 12.4. The van der Waals surface area contributed by atoms with Gasteiger partial charge in [-0.25, -0.2) is 0 Å². The molecule has 0 atom stereocenters. The molecule has 0 aliphatic heterocycles. The fraction of sp³-hybridized carbons (Fsp3) is 0.526. The fourth-order valence-corrected chi connectivity index (χ4v) is 4.14. The highest BCUT2D eigenvalue weighted by molar-refractivity contribution is 8.01. The summed E-state index contributed by atoms with van der Waals surface area (Å²) in [7, 11) is 0. The van der Waals surface area contributed by atoms with Crippen molar-refractivity contribution in [3.8, 4) is 0 Å². The van der Waals surface area contributed by atoms with E-state index in [2.05, 4.69) is 55.3 Å². The molecule has 1 aromatic heterocycles. The highest BCUT2D eigenvalue weighted by Crippen LogP contribution is 2.26. The lowest BCUT2D eigenvalue weighted by molar-refractivity contribution is -0.129. The van der Waals surface area contributed by atoms with E-state index in [1.165, 1.54) is 28.7 Å². The van der Waals surface area contributed by atoms with Crippen molar-refractivity contribution in [1.82, 2.24) is 15.1 Å². The second kappa shape index (κ2) is 10.5. The lowest BCUT2D eigenvalue weighted by Crippen LogP contribution is -2.38. The minimum atomic E-state index is 0.173. The Bertz CT molecular complexity index is 663. The van der Waals surface area contributed by atoms with Crippen LogP contribution in [0.2, 0.25) is 0 Å². The maximum Gasteiger partial charge on any atom is 0.233 e. The molecule has 2 aromatic rings. The van der Waals surface area contributed by atoms with Gasteiger partial charge in [-0.3, -0.25) is 4.79 Å². The van der Waals surface area contributed by atoms with E-state index in [1.807, 2.05) is 23.1 Å². The Balaban J connectivity index is 1.82. The second-order valence-corrected chi connectivity index (χ2v) is 9.29. The highest BCUT2D eigenvalue weighted by Gasteiger charge is 2.17. The van der Waals surface area contributed by atoms with Crippen LogP contribution in [-0.4, -0.2) is 39.8 Å². The van der Waals surface area contributed by atoms with Gasteiger partial charge in [0.05, 0.1) is 5.75 Å². The lowest BCUT2D eigenvalue weighted by atomic mass is 10.1. The number of amides is 1. The van der Waals surface area contributed by atoms with Gasteiger partial charge < -0.3 is 10.2 Å². The molecule has 5 nitrogen and oxygen atoms in total. The molecule has 1 heterocycles. The molecule has 0 unspecified atom stereocenters. The van der Waals surface area contributed by atoms with Crippen LogP contribution in [0.25, 0.3) is 0 Å². The Labute approximate surface area is 164 Å². The summed E-state index contributed by atoms with van der Waals surface area (Å²) in [5.74, 6) is 1.52. The van der Waals surface area contributed by atoms with Gasteiger partial charge in [-0.1, -0.05) is 81.1 Å². The number of nitrogens with zero attached hydrogens (tertiary/aromatic N) is 3. The molecule has 1 amide bonds. The molecule has 26 heavy (non-hydrogen) atoms. The summed E-state index contributed by atoms with van der Waals surface area (Å²) in [4.78, 5) is 14.5. The van der Waals surface area contributed by atoms with Crippen LogP contribution in [0.3, 0.4) is 0 Å². The van der Waals surface area contributed by atoms with Gasteiger partial charge in [-0.2, -0.15) is 0 Å². The molecule has 1 N–H and O–H groups in total. The summed E-state index contributed by atoms with van der Waals surface area (Å²) >= 11 is 2.96. The number of benzene rings is 1. The van der Waals surface area contributed by atoms with Crippen molar-refractivity contribution >= 4 is 34.1 Å². The van der Waals surface area contributed by atoms with Crippen molar-refractivity contribution in [3.63, 3.8) is 0 Å². The van der Waals surface area contributed by atoms with Crippen molar-refractivity contribution in [3.05, 3.63) is 35.9 Å². The van der Waals surface area contributed by atoms with Gasteiger partial charge in [0.1, 0.15) is 0 Å². The van der Waals surface area contributed by atoms with E-state index in [0.29, 0.717) is 17.6 Å². The highest BCUT2D eigenvalue weighted by atomic mass is 32.2. The predicted molar refractivity (Wildman–Crippen MR) is 111 cm³/mol. The summed E-state index contributed by atoms with van der Waals surface area (Å²) in [5.41, 5.74) is 1.20. The van der Waals surface area contributed by atoms with Crippen LogP contribution in [0.15, 0.2) is 34.7 Å². The molecule has 0 spiro atoms. The van der Waals surface area contributed by atoms with Gasteiger partial charge in [0, 0.05) is 19.6 Å². The lowest BCUT2D eigenvalue weighted by Gasteiger charge is -2.26. The molecular weight excluding hydrogens is 364 g/mol. The quantitative estimate of drug-likeness (QED) is 0.608. The molecule has 0 saturated heterocycles. The van der Waals surface area contributed by atoms with Gasteiger partial charge in [-0.05, 0) is 17.4 Å². The Morgan fingerprint density at radius 1 is 1.12 bits per heavy atom. The zero-order chi connectivity index (χ0) is 18.9. The maximum atomic E-state index is 12.6. The minimum absolute atomic E-state index is 0.173. The Hall–Kier alpha value is -1.60. The number of anilines is 1. The largest absolute Gasteiger partial charge is 0.356 e. The first-order valence-electron chi connectivity index (χ1n) is 8.96. The normalized spacial score (nSPS) is 11.2. The van der Waals surface area contributed by atoms with E-state index in [0.717, 1.165) is 29.1 Å². The number of rotatable bonds is 10. The summed E-state index contributed by atoms with van der Waals surface area (Å²) < 4.78 is 0.822. The van der Waals surface area contributed by atoms with Crippen LogP contribution in [0.1, 0.15) is 33.3 Å². The van der Waals surface area contributed by atoms with Gasteiger partial charge in [0.15, 0.2) is 4.34 Å². The second-order valence-electron chi connectivity index (χ2n) is 7.09. The topological polar surface area (TPSA) is 58.1 Å². The zero-order valence-corrected chi connectivity index (χ0v) is 17.6.